The van der Waals surface area contributed by atoms with Crippen LogP contribution in [0.25, 0.3) is 10.9 Å². The first-order chi connectivity index (χ1) is 8.72. The van der Waals surface area contributed by atoms with Crippen LogP contribution in [0.5, 0.6) is 0 Å². The lowest BCUT2D eigenvalue weighted by Gasteiger charge is -2.05. The van der Waals surface area contributed by atoms with E-state index in [2.05, 4.69) is 10.3 Å². The second-order valence-electron chi connectivity index (χ2n) is 3.84. The number of hydrogen-bond donors (Lipinski definition) is 2. The zero-order valence-corrected chi connectivity index (χ0v) is 9.69. The summed E-state index contributed by atoms with van der Waals surface area (Å²) in [5.41, 5.74) is 0.359. The molecule has 5 heteroatoms. The molecule has 1 heterocycles. The van der Waals surface area contributed by atoms with E-state index in [1.54, 1.807) is 24.3 Å². The molecule has 0 aliphatic carbocycles. The van der Waals surface area contributed by atoms with Gasteiger partial charge in [0.2, 0.25) is 0 Å². The van der Waals surface area contributed by atoms with Crippen LogP contribution in [-0.2, 0) is 0 Å². The number of fused-ring (bicyclic) bond motifs is 1. The number of aromatic nitrogens is 1. The summed E-state index contributed by atoms with van der Waals surface area (Å²) in [4.78, 5) is 15.7. The molecule has 0 bridgehead atoms. The third kappa shape index (κ3) is 2.62. The van der Waals surface area contributed by atoms with E-state index in [4.69, 9.17) is 5.11 Å². The van der Waals surface area contributed by atoms with E-state index in [0.717, 1.165) is 0 Å². The normalized spacial score (nSPS) is 10.6. The van der Waals surface area contributed by atoms with Crippen LogP contribution in [0.4, 0.5) is 4.39 Å². The van der Waals surface area contributed by atoms with E-state index in [9.17, 15) is 9.18 Å². The summed E-state index contributed by atoms with van der Waals surface area (Å²) < 4.78 is 13.5. The maximum Gasteiger partial charge on any atom is 0.269 e. The third-order valence-electron chi connectivity index (χ3n) is 2.52. The summed E-state index contributed by atoms with van der Waals surface area (Å²) in [6.45, 7) is 0.381. The van der Waals surface area contributed by atoms with E-state index in [1.165, 1.54) is 6.07 Å². The second-order valence-corrected chi connectivity index (χ2v) is 3.84. The maximum absolute atomic E-state index is 13.5. The van der Waals surface area contributed by atoms with Gasteiger partial charge in [0.1, 0.15) is 17.0 Å². The van der Waals surface area contributed by atoms with Crippen LogP contribution in [0.3, 0.4) is 0 Å². The van der Waals surface area contributed by atoms with Gasteiger partial charge < -0.3 is 10.4 Å². The molecule has 0 aliphatic heterocycles. The van der Waals surface area contributed by atoms with Gasteiger partial charge in [-0.3, -0.25) is 4.79 Å². The van der Waals surface area contributed by atoms with Gasteiger partial charge >= 0.3 is 0 Å². The molecule has 2 N–H and O–H groups in total. The van der Waals surface area contributed by atoms with Crippen molar-refractivity contribution in [2.24, 2.45) is 0 Å². The Labute approximate surface area is 103 Å². The molecule has 0 atom stereocenters. The van der Waals surface area contributed by atoms with E-state index >= 15 is 0 Å². The number of rotatable bonds is 4. The Kier molecular flexibility index (Phi) is 3.84. The molecule has 1 aromatic carbocycles. The molecule has 94 valence electrons. The summed E-state index contributed by atoms with van der Waals surface area (Å²) in [5.74, 6) is -0.814. The van der Waals surface area contributed by atoms with Crippen molar-refractivity contribution in [3.63, 3.8) is 0 Å². The fourth-order valence-electron chi connectivity index (χ4n) is 1.61. The van der Waals surface area contributed by atoms with E-state index in [0.29, 0.717) is 18.4 Å². The van der Waals surface area contributed by atoms with Gasteiger partial charge in [-0.25, -0.2) is 9.37 Å². The standard InChI is InChI=1S/C13H13FN2O2/c14-10-4-1-3-9-5-6-11(16-12(9)10)13(18)15-7-2-8-17/h1,3-6,17H,2,7-8H2,(H,15,18). The smallest absolute Gasteiger partial charge is 0.269 e. The molecule has 1 amide bonds. The summed E-state index contributed by atoms with van der Waals surface area (Å²) >= 11 is 0. The highest BCUT2D eigenvalue weighted by Gasteiger charge is 2.09. The maximum atomic E-state index is 13.5. The topological polar surface area (TPSA) is 62.2 Å². The number of amides is 1. The Hall–Kier alpha value is -2.01. The molecule has 1 aromatic heterocycles. The molecule has 2 aromatic rings. The van der Waals surface area contributed by atoms with Crippen molar-refractivity contribution in [3.05, 3.63) is 41.8 Å². The van der Waals surface area contributed by atoms with Crippen molar-refractivity contribution < 1.29 is 14.3 Å². The molecule has 0 spiro atoms. The first kappa shape index (κ1) is 12.4. The van der Waals surface area contributed by atoms with Gasteiger partial charge in [-0.2, -0.15) is 0 Å². The molecule has 2 rings (SSSR count). The molecule has 0 radical (unpaired) electrons. The minimum atomic E-state index is -0.447. The highest BCUT2D eigenvalue weighted by molar-refractivity contribution is 5.94. The van der Waals surface area contributed by atoms with E-state index < -0.39 is 5.82 Å². The van der Waals surface area contributed by atoms with Crippen molar-refractivity contribution in [1.82, 2.24) is 10.3 Å². The molecule has 0 fully saturated rings. The number of benzene rings is 1. The molecule has 0 unspecified atom stereocenters. The van der Waals surface area contributed by atoms with E-state index in [1.807, 2.05) is 0 Å². The largest absolute Gasteiger partial charge is 0.396 e. The highest BCUT2D eigenvalue weighted by Crippen LogP contribution is 2.15. The van der Waals surface area contributed by atoms with Gasteiger partial charge in [0.25, 0.3) is 5.91 Å². The average molecular weight is 248 g/mol. The van der Waals surface area contributed by atoms with Crippen LogP contribution in [0.1, 0.15) is 16.9 Å². The van der Waals surface area contributed by atoms with Gasteiger partial charge in [0, 0.05) is 18.5 Å². The minimum absolute atomic E-state index is 0.0139. The number of hydrogen-bond acceptors (Lipinski definition) is 3. The average Bonchev–Trinajstić information content (AvgIpc) is 2.39. The minimum Gasteiger partial charge on any atom is -0.396 e. The Bertz CT molecular complexity index is 572. The second kappa shape index (κ2) is 5.55. The van der Waals surface area contributed by atoms with E-state index in [-0.39, 0.29) is 23.7 Å². The predicted molar refractivity (Wildman–Crippen MR) is 65.7 cm³/mol. The SMILES string of the molecule is O=C(NCCCO)c1ccc2cccc(F)c2n1. The van der Waals surface area contributed by atoms with Crippen molar-refractivity contribution in [3.8, 4) is 0 Å². The summed E-state index contributed by atoms with van der Waals surface area (Å²) in [6.07, 6.45) is 0.480. The van der Waals surface area contributed by atoms with Crippen molar-refractivity contribution >= 4 is 16.8 Å². The molecular weight excluding hydrogens is 235 g/mol. The lowest BCUT2D eigenvalue weighted by Crippen LogP contribution is -2.25. The van der Waals surface area contributed by atoms with Gasteiger partial charge in [-0.1, -0.05) is 18.2 Å². The zero-order chi connectivity index (χ0) is 13.0. The predicted octanol–water partition coefficient (Wildman–Crippen LogP) is 1.49. The number of para-hydroxylation sites is 1. The quantitative estimate of drug-likeness (QED) is 0.806. The van der Waals surface area contributed by atoms with Crippen LogP contribution < -0.4 is 5.32 Å². The molecule has 0 saturated carbocycles. The fourth-order valence-corrected chi connectivity index (χ4v) is 1.61. The van der Waals surface area contributed by atoms with Crippen molar-refractivity contribution in [1.29, 1.82) is 0 Å². The number of nitrogens with one attached hydrogen (secondary N) is 1. The Morgan fingerprint density at radius 2 is 2.17 bits per heavy atom. The number of nitrogens with zero attached hydrogens (tertiary/aromatic N) is 1. The third-order valence-corrected chi connectivity index (χ3v) is 2.52. The molecule has 4 nitrogen and oxygen atoms in total. The Balaban J connectivity index is 2.24. The van der Waals surface area contributed by atoms with Gasteiger partial charge in [0.05, 0.1) is 0 Å². The van der Waals surface area contributed by atoms with Gasteiger partial charge in [-0.05, 0) is 18.6 Å². The fraction of sp³-hybridized carbons (Fsp3) is 0.231. The van der Waals surface area contributed by atoms with Crippen LogP contribution >= 0.6 is 0 Å². The van der Waals surface area contributed by atoms with Crippen LogP contribution in [0.2, 0.25) is 0 Å². The number of aliphatic hydroxyl groups excluding tert-OH is 1. The summed E-state index contributed by atoms with van der Waals surface area (Å²) in [6, 6.07) is 7.85. The summed E-state index contributed by atoms with van der Waals surface area (Å²) in [5, 5.41) is 11.9. The molecule has 0 aliphatic rings. The lowest BCUT2D eigenvalue weighted by molar-refractivity contribution is 0.0946. The van der Waals surface area contributed by atoms with Gasteiger partial charge in [-0.15, -0.1) is 0 Å². The van der Waals surface area contributed by atoms with Gasteiger partial charge in [0.15, 0.2) is 0 Å². The lowest BCUT2D eigenvalue weighted by atomic mass is 10.2. The monoisotopic (exact) mass is 248 g/mol. The van der Waals surface area contributed by atoms with Crippen molar-refractivity contribution in [2.75, 3.05) is 13.2 Å². The zero-order valence-electron chi connectivity index (χ0n) is 9.69. The van der Waals surface area contributed by atoms with Crippen molar-refractivity contribution in [2.45, 2.75) is 6.42 Å². The number of aliphatic hydroxyl groups is 1. The first-order valence-corrected chi connectivity index (χ1v) is 5.66. The number of halogens is 1. The molecular formula is C13H13FN2O2. The number of carbonyl (C=O) groups is 1. The Morgan fingerprint density at radius 3 is 2.94 bits per heavy atom. The Morgan fingerprint density at radius 1 is 1.33 bits per heavy atom. The summed E-state index contributed by atoms with van der Waals surface area (Å²) in [7, 11) is 0. The molecule has 18 heavy (non-hydrogen) atoms. The van der Waals surface area contributed by atoms with Crippen LogP contribution in [0.15, 0.2) is 30.3 Å². The number of carbonyl (C=O) groups excluding carboxylic acids is 1. The highest BCUT2D eigenvalue weighted by atomic mass is 19.1. The first-order valence-electron chi connectivity index (χ1n) is 5.66. The van der Waals surface area contributed by atoms with Crippen LogP contribution in [-0.4, -0.2) is 29.1 Å². The molecule has 0 saturated heterocycles. The van der Waals surface area contributed by atoms with Crippen LogP contribution in [0, 0.1) is 5.82 Å². The number of pyridine rings is 1.